The van der Waals surface area contributed by atoms with Gasteiger partial charge in [0.05, 0.1) is 19.8 Å². The average molecular weight is 194 g/mol. The lowest BCUT2D eigenvalue weighted by Gasteiger charge is -2.34. The molecule has 4 N–H and O–H groups in total. The van der Waals surface area contributed by atoms with Crippen molar-refractivity contribution in [2.75, 3.05) is 19.8 Å². The van der Waals surface area contributed by atoms with Crippen LogP contribution in [0, 0.1) is 0 Å². The standard InChI is InChI=1S/C7H14O6/c8-1-4-3-12-6(5(10)2-9)7(11)13-4/h4-11H,1-3H2. The molecule has 0 aliphatic carbocycles. The van der Waals surface area contributed by atoms with Gasteiger partial charge >= 0.3 is 0 Å². The molecule has 1 heterocycles. The lowest BCUT2D eigenvalue weighted by atomic mass is 10.2. The molecule has 78 valence electrons. The number of ether oxygens (including phenoxy) is 2. The summed E-state index contributed by atoms with van der Waals surface area (Å²) in [7, 11) is 0. The van der Waals surface area contributed by atoms with Gasteiger partial charge in [0.25, 0.3) is 0 Å². The molecule has 4 unspecified atom stereocenters. The van der Waals surface area contributed by atoms with Crippen LogP contribution in [0.25, 0.3) is 0 Å². The maximum Gasteiger partial charge on any atom is 0.184 e. The summed E-state index contributed by atoms with van der Waals surface area (Å²) in [5.41, 5.74) is 0. The second kappa shape index (κ2) is 4.85. The molecular weight excluding hydrogens is 180 g/mol. The maximum absolute atomic E-state index is 9.24. The van der Waals surface area contributed by atoms with Crippen molar-refractivity contribution in [1.29, 1.82) is 0 Å². The second-order valence-corrected chi connectivity index (χ2v) is 2.88. The molecule has 13 heavy (non-hydrogen) atoms. The third-order valence-corrected chi connectivity index (χ3v) is 1.86. The highest BCUT2D eigenvalue weighted by molar-refractivity contribution is 4.76. The van der Waals surface area contributed by atoms with Gasteiger partial charge in [-0.2, -0.15) is 0 Å². The van der Waals surface area contributed by atoms with Gasteiger partial charge in [0, 0.05) is 0 Å². The van der Waals surface area contributed by atoms with Gasteiger partial charge < -0.3 is 29.9 Å². The van der Waals surface area contributed by atoms with Crippen LogP contribution in [0.1, 0.15) is 0 Å². The van der Waals surface area contributed by atoms with Gasteiger partial charge in [-0.1, -0.05) is 0 Å². The second-order valence-electron chi connectivity index (χ2n) is 2.88. The highest BCUT2D eigenvalue weighted by atomic mass is 16.7. The SMILES string of the molecule is OCC1COC(C(O)CO)C(O)O1. The molecule has 4 atom stereocenters. The minimum absolute atomic E-state index is 0.0925. The number of hydrogen-bond acceptors (Lipinski definition) is 6. The summed E-state index contributed by atoms with van der Waals surface area (Å²) in [5, 5.41) is 35.6. The van der Waals surface area contributed by atoms with Crippen molar-refractivity contribution in [2.45, 2.75) is 24.6 Å². The molecule has 6 heteroatoms. The molecule has 0 saturated carbocycles. The van der Waals surface area contributed by atoms with Crippen LogP contribution in [0.15, 0.2) is 0 Å². The van der Waals surface area contributed by atoms with Crippen LogP contribution in [0.2, 0.25) is 0 Å². The van der Waals surface area contributed by atoms with E-state index in [9.17, 15) is 5.11 Å². The Hall–Kier alpha value is -0.240. The Morgan fingerprint density at radius 3 is 2.54 bits per heavy atom. The molecule has 1 aliphatic rings. The van der Waals surface area contributed by atoms with Crippen molar-refractivity contribution >= 4 is 0 Å². The van der Waals surface area contributed by atoms with Crippen LogP contribution in [0.4, 0.5) is 0 Å². The molecule has 0 aromatic heterocycles. The Labute approximate surface area is 75.3 Å². The summed E-state index contributed by atoms with van der Waals surface area (Å²) >= 11 is 0. The van der Waals surface area contributed by atoms with Crippen LogP contribution < -0.4 is 0 Å². The molecular formula is C7H14O6. The Kier molecular flexibility index (Phi) is 4.04. The zero-order chi connectivity index (χ0) is 9.84. The van der Waals surface area contributed by atoms with Crippen LogP contribution >= 0.6 is 0 Å². The fourth-order valence-electron chi connectivity index (χ4n) is 1.12. The lowest BCUT2D eigenvalue weighted by Crippen LogP contribution is -2.51. The number of aliphatic hydroxyl groups excluding tert-OH is 4. The number of aliphatic hydroxyl groups is 4. The molecule has 1 rings (SSSR count). The summed E-state index contributed by atoms with van der Waals surface area (Å²) in [6.45, 7) is -0.664. The predicted molar refractivity (Wildman–Crippen MR) is 40.8 cm³/mol. The zero-order valence-corrected chi connectivity index (χ0v) is 7.04. The molecule has 6 nitrogen and oxygen atoms in total. The van der Waals surface area contributed by atoms with Gasteiger partial charge in [-0.25, -0.2) is 0 Å². The summed E-state index contributed by atoms with van der Waals surface area (Å²) in [6.07, 6.45) is -4.01. The quantitative estimate of drug-likeness (QED) is 0.394. The van der Waals surface area contributed by atoms with Gasteiger partial charge in [0.15, 0.2) is 6.29 Å². The third-order valence-electron chi connectivity index (χ3n) is 1.86. The minimum atomic E-state index is -1.31. The van der Waals surface area contributed by atoms with E-state index in [4.69, 9.17) is 24.8 Å². The average Bonchev–Trinajstić information content (AvgIpc) is 2.16. The molecule has 0 aromatic rings. The van der Waals surface area contributed by atoms with Crippen LogP contribution in [0.5, 0.6) is 0 Å². The van der Waals surface area contributed by atoms with Gasteiger partial charge in [-0.05, 0) is 0 Å². The maximum atomic E-state index is 9.24. The van der Waals surface area contributed by atoms with E-state index in [-0.39, 0.29) is 13.2 Å². The molecule has 0 aromatic carbocycles. The lowest BCUT2D eigenvalue weighted by molar-refractivity contribution is -0.282. The summed E-state index contributed by atoms with van der Waals surface area (Å²) in [5.74, 6) is 0. The van der Waals surface area contributed by atoms with Crippen molar-refractivity contribution in [2.24, 2.45) is 0 Å². The van der Waals surface area contributed by atoms with E-state index in [1.807, 2.05) is 0 Å². The van der Waals surface area contributed by atoms with Crippen LogP contribution in [-0.4, -0.2) is 64.8 Å². The first-order valence-electron chi connectivity index (χ1n) is 4.04. The van der Waals surface area contributed by atoms with Crippen LogP contribution in [-0.2, 0) is 9.47 Å². The van der Waals surface area contributed by atoms with Crippen LogP contribution in [0.3, 0.4) is 0 Å². The number of hydrogen-bond donors (Lipinski definition) is 4. The van der Waals surface area contributed by atoms with E-state index < -0.39 is 31.2 Å². The van der Waals surface area contributed by atoms with E-state index >= 15 is 0 Å². The fraction of sp³-hybridized carbons (Fsp3) is 1.00. The van der Waals surface area contributed by atoms with E-state index in [0.29, 0.717) is 0 Å². The molecule has 1 saturated heterocycles. The molecule has 0 bridgehead atoms. The van der Waals surface area contributed by atoms with Gasteiger partial charge in [-0.3, -0.25) is 0 Å². The van der Waals surface area contributed by atoms with Crippen molar-refractivity contribution in [3.05, 3.63) is 0 Å². The molecule has 1 aliphatic heterocycles. The van der Waals surface area contributed by atoms with Gasteiger partial charge in [0.1, 0.15) is 18.3 Å². The fourth-order valence-corrected chi connectivity index (χ4v) is 1.12. The highest BCUT2D eigenvalue weighted by Crippen LogP contribution is 2.15. The molecule has 0 radical (unpaired) electrons. The Morgan fingerprint density at radius 2 is 2.08 bits per heavy atom. The largest absolute Gasteiger partial charge is 0.394 e. The topological polar surface area (TPSA) is 99.4 Å². The Bertz CT molecular complexity index is 152. The smallest absolute Gasteiger partial charge is 0.184 e. The summed E-state index contributed by atoms with van der Waals surface area (Å²) < 4.78 is 9.88. The zero-order valence-electron chi connectivity index (χ0n) is 7.04. The van der Waals surface area contributed by atoms with Gasteiger partial charge in [0.2, 0.25) is 0 Å². The first-order chi connectivity index (χ1) is 6.19. The monoisotopic (exact) mass is 194 g/mol. The molecule has 0 spiro atoms. The van der Waals surface area contributed by atoms with E-state index in [2.05, 4.69) is 0 Å². The van der Waals surface area contributed by atoms with Gasteiger partial charge in [-0.15, -0.1) is 0 Å². The normalized spacial score (nSPS) is 37.4. The number of rotatable bonds is 3. The van der Waals surface area contributed by atoms with Crippen molar-refractivity contribution < 1.29 is 29.9 Å². The minimum Gasteiger partial charge on any atom is -0.394 e. The summed E-state index contributed by atoms with van der Waals surface area (Å²) in [6, 6.07) is 0. The van der Waals surface area contributed by atoms with E-state index in [1.54, 1.807) is 0 Å². The van der Waals surface area contributed by atoms with Crippen molar-refractivity contribution in [1.82, 2.24) is 0 Å². The Morgan fingerprint density at radius 1 is 1.38 bits per heavy atom. The van der Waals surface area contributed by atoms with Crippen molar-refractivity contribution in [3.63, 3.8) is 0 Å². The first kappa shape index (κ1) is 10.8. The molecule has 0 amide bonds. The third kappa shape index (κ3) is 2.60. The van der Waals surface area contributed by atoms with E-state index in [0.717, 1.165) is 0 Å². The highest BCUT2D eigenvalue weighted by Gasteiger charge is 2.34. The first-order valence-corrected chi connectivity index (χ1v) is 4.04. The molecule has 1 fully saturated rings. The predicted octanol–water partition coefficient (Wildman–Crippen LogP) is -2.57. The van der Waals surface area contributed by atoms with E-state index in [1.165, 1.54) is 0 Å². The Balaban J connectivity index is 2.43. The van der Waals surface area contributed by atoms with Crippen molar-refractivity contribution in [3.8, 4) is 0 Å². The summed E-state index contributed by atoms with van der Waals surface area (Å²) in [4.78, 5) is 0.